The van der Waals surface area contributed by atoms with Crippen molar-refractivity contribution in [3.8, 4) is 16.9 Å². The Labute approximate surface area is 209 Å². The van der Waals surface area contributed by atoms with Crippen LogP contribution in [0.2, 0.25) is 0 Å². The summed E-state index contributed by atoms with van der Waals surface area (Å²) in [6.07, 6.45) is -3.84. The summed E-state index contributed by atoms with van der Waals surface area (Å²) in [5.41, 5.74) is 0.921. The molecule has 2 heterocycles. The molecule has 0 unspecified atom stereocenters. The number of nitrogens with one attached hydrogen (secondary N) is 1. The highest BCUT2D eigenvalue weighted by atomic mass is 19.4. The van der Waals surface area contributed by atoms with Crippen molar-refractivity contribution < 1.29 is 23.1 Å². The van der Waals surface area contributed by atoms with Gasteiger partial charge in [0.05, 0.1) is 28.6 Å². The van der Waals surface area contributed by atoms with Gasteiger partial charge in [0, 0.05) is 29.8 Å². The first-order valence-corrected chi connectivity index (χ1v) is 11.4. The summed E-state index contributed by atoms with van der Waals surface area (Å²) in [5.74, 6) is -0.291. The number of nitrogens with zero attached hydrogens (tertiary/aromatic N) is 4. The van der Waals surface area contributed by atoms with Crippen LogP contribution >= 0.6 is 0 Å². The van der Waals surface area contributed by atoms with Gasteiger partial charge in [0.25, 0.3) is 5.91 Å². The van der Waals surface area contributed by atoms with Gasteiger partial charge in [-0.1, -0.05) is 24.3 Å². The van der Waals surface area contributed by atoms with Crippen molar-refractivity contribution in [3.63, 3.8) is 0 Å². The molecule has 5 aromatic rings. The summed E-state index contributed by atoms with van der Waals surface area (Å²) in [6, 6.07) is 19.0. The maximum atomic E-state index is 13.7. The standard InChI is InChI=1S/C27H22F3N5O2/c1-16(36)17-9-11-23-21(14-17)25(35(33-23)19-6-4-3-5-7-19)31-26(37)18-8-10-22(27(28,29)30)20(15-18)24-12-13-34(2)32-24/h3-16,36H,1-2H3,(H,31,37)/t16-/m0/s1. The van der Waals surface area contributed by atoms with E-state index in [0.717, 1.165) is 12.1 Å². The van der Waals surface area contributed by atoms with Crippen LogP contribution in [0.5, 0.6) is 0 Å². The van der Waals surface area contributed by atoms with E-state index in [1.165, 1.54) is 23.0 Å². The molecule has 7 nitrogen and oxygen atoms in total. The lowest BCUT2D eigenvalue weighted by atomic mass is 10.0. The Kier molecular flexibility index (Phi) is 6.04. The molecule has 0 radical (unpaired) electrons. The molecule has 37 heavy (non-hydrogen) atoms. The molecule has 0 spiro atoms. The number of carbonyl (C=O) groups is 1. The number of anilines is 1. The van der Waals surface area contributed by atoms with Crippen molar-refractivity contribution in [1.29, 1.82) is 0 Å². The number of aliphatic hydroxyl groups is 1. The number of amides is 1. The minimum atomic E-state index is -4.62. The second-order valence-corrected chi connectivity index (χ2v) is 8.64. The number of fused-ring (bicyclic) bond motifs is 1. The molecule has 0 saturated heterocycles. The molecule has 5 rings (SSSR count). The average molecular weight is 506 g/mol. The molecular weight excluding hydrogens is 483 g/mol. The Morgan fingerprint density at radius 2 is 1.76 bits per heavy atom. The number of alkyl halides is 3. The van der Waals surface area contributed by atoms with Crippen molar-refractivity contribution in [2.24, 2.45) is 7.05 Å². The maximum absolute atomic E-state index is 13.7. The van der Waals surface area contributed by atoms with E-state index in [1.54, 1.807) is 36.9 Å². The third kappa shape index (κ3) is 4.70. The van der Waals surface area contributed by atoms with Crippen LogP contribution in [0.25, 0.3) is 27.8 Å². The van der Waals surface area contributed by atoms with Gasteiger partial charge in [0.1, 0.15) is 5.82 Å². The van der Waals surface area contributed by atoms with Crippen molar-refractivity contribution in [2.75, 3.05) is 5.32 Å². The number of aliphatic hydroxyl groups excluding tert-OH is 1. The Bertz CT molecular complexity index is 1600. The van der Waals surface area contributed by atoms with Gasteiger partial charge in [-0.05, 0) is 61.0 Å². The van der Waals surface area contributed by atoms with Gasteiger partial charge in [0.15, 0.2) is 0 Å². The van der Waals surface area contributed by atoms with Crippen LogP contribution < -0.4 is 5.32 Å². The number of rotatable bonds is 5. The summed E-state index contributed by atoms with van der Waals surface area (Å²) in [5, 5.41) is 22.2. The van der Waals surface area contributed by atoms with Crippen molar-refractivity contribution in [2.45, 2.75) is 19.2 Å². The largest absolute Gasteiger partial charge is 0.417 e. The Morgan fingerprint density at radius 3 is 2.41 bits per heavy atom. The molecule has 0 aliphatic rings. The van der Waals surface area contributed by atoms with Crippen molar-refractivity contribution >= 4 is 22.6 Å². The van der Waals surface area contributed by atoms with E-state index < -0.39 is 23.8 Å². The lowest BCUT2D eigenvalue weighted by Crippen LogP contribution is -2.16. The topological polar surface area (TPSA) is 85.0 Å². The number of hydrogen-bond acceptors (Lipinski definition) is 4. The van der Waals surface area contributed by atoms with E-state index in [2.05, 4.69) is 15.5 Å². The second-order valence-electron chi connectivity index (χ2n) is 8.64. The average Bonchev–Trinajstić information content (AvgIpc) is 3.47. The minimum Gasteiger partial charge on any atom is -0.389 e. The predicted molar refractivity (Wildman–Crippen MR) is 133 cm³/mol. The van der Waals surface area contributed by atoms with Gasteiger partial charge in [0.2, 0.25) is 0 Å². The van der Waals surface area contributed by atoms with E-state index in [9.17, 15) is 23.1 Å². The summed E-state index contributed by atoms with van der Waals surface area (Å²) < 4.78 is 44.1. The normalized spacial score (nSPS) is 12.6. The maximum Gasteiger partial charge on any atom is 0.417 e. The van der Waals surface area contributed by atoms with Crippen LogP contribution in [0.15, 0.2) is 79.0 Å². The first kappa shape index (κ1) is 24.3. The van der Waals surface area contributed by atoms with Gasteiger partial charge in [-0.25, -0.2) is 4.68 Å². The number of hydrogen-bond donors (Lipinski definition) is 2. The van der Waals surface area contributed by atoms with E-state index in [1.807, 2.05) is 30.3 Å². The lowest BCUT2D eigenvalue weighted by molar-refractivity contribution is -0.137. The number of aryl methyl sites for hydroxylation is 1. The fraction of sp³-hybridized carbons (Fsp3) is 0.148. The van der Waals surface area contributed by atoms with Crippen molar-refractivity contribution in [1.82, 2.24) is 19.6 Å². The Hall–Kier alpha value is -4.44. The molecule has 0 aliphatic carbocycles. The number of benzene rings is 3. The first-order valence-electron chi connectivity index (χ1n) is 11.4. The summed E-state index contributed by atoms with van der Waals surface area (Å²) in [4.78, 5) is 13.4. The Balaban J connectivity index is 1.61. The highest BCUT2D eigenvalue weighted by Crippen LogP contribution is 2.37. The molecule has 2 aromatic heterocycles. The zero-order valence-corrected chi connectivity index (χ0v) is 19.9. The predicted octanol–water partition coefficient (Wildman–Crippen LogP) is 5.75. The van der Waals surface area contributed by atoms with Gasteiger partial charge in [-0.15, -0.1) is 0 Å². The molecule has 2 N–H and O–H groups in total. The zero-order chi connectivity index (χ0) is 26.3. The molecule has 0 bridgehead atoms. The van der Waals surface area contributed by atoms with Crippen LogP contribution in [0.1, 0.15) is 34.5 Å². The monoisotopic (exact) mass is 505 g/mol. The third-order valence-electron chi connectivity index (χ3n) is 5.99. The number of carbonyl (C=O) groups excluding carboxylic acids is 1. The van der Waals surface area contributed by atoms with Crippen LogP contribution in [0.4, 0.5) is 19.0 Å². The van der Waals surface area contributed by atoms with Gasteiger partial charge >= 0.3 is 6.18 Å². The molecule has 1 amide bonds. The molecule has 10 heteroatoms. The smallest absolute Gasteiger partial charge is 0.389 e. The number of aromatic nitrogens is 4. The van der Waals surface area contributed by atoms with E-state index in [-0.39, 0.29) is 16.8 Å². The Morgan fingerprint density at radius 1 is 1.00 bits per heavy atom. The quantitative estimate of drug-likeness (QED) is 0.319. The summed E-state index contributed by atoms with van der Waals surface area (Å²) in [6.45, 7) is 1.63. The SMILES string of the molecule is C[C@H](O)c1ccc2nn(-c3ccccc3)c(NC(=O)c3ccc(C(F)(F)F)c(-c4ccn(C)n4)c3)c2c1. The van der Waals surface area contributed by atoms with Crippen molar-refractivity contribution in [3.05, 3.63) is 95.7 Å². The van der Waals surface area contributed by atoms with Crippen LogP contribution in [0.3, 0.4) is 0 Å². The minimum absolute atomic E-state index is 0.0225. The second kappa shape index (κ2) is 9.21. The highest BCUT2D eigenvalue weighted by Gasteiger charge is 2.34. The molecule has 0 aliphatic heterocycles. The molecule has 0 fully saturated rings. The van der Waals surface area contributed by atoms with Crippen LogP contribution in [-0.2, 0) is 13.2 Å². The zero-order valence-electron chi connectivity index (χ0n) is 19.9. The van der Waals surface area contributed by atoms with Crippen LogP contribution in [-0.4, -0.2) is 30.6 Å². The fourth-order valence-corrected chi connectivity index (χ4v) is 4.12. The molecule has 1 atom stereocenters. The van der Waals surface area contributed by atoms with Gasteiger partial charge in [-0.2, -0.15) is 23.4 Å². The number of halogens is 3. The molecule has 188 valence electrons. The first-order chi connectivity index (χ1) is 17.6. The number of para-hydroxylation sites is 1. The highest BCUT2D eigenvalue weighted by molar-refractivity contribution is 6.09. The van der Waals surface area contributed by atoms with E-state index in [0.29, 0.717) is 28.0 Å². The van der Waals surface area contributed by atoms with E-state index >= 15 is 0 Å². The molecule has 0 saturated carbocycles. The fourth-order valence-electron chi connectivity index (χ4n) is 4.12. The third-order valence-corrected chi connectivity index (χ3v) is 5.99. The van der Waals surface area contributed by atoms with Gasteiger partial charge in [-0.3, -0.25) is 9.48 Å². The van der Waals surface area contributed by atoms with Gasteiger partial charge < -0.3 is 10.4 Å². The molecule has 3 aromatic carbocycles. The molecular formula is C27H22F3N5O2. The van der Waals surface area contributed by atoms with Crippen LogP contribution in [0, 0.1) is 0 Å². The summed E-state index contributed by atoms with van der Waals surface area (Å²) >= 11 is 0. The lowest BCUT2D eigenvalue weighted by Gasteiger charge is -2.14. The van der Waals surface area contributed by atoms with E-state index in [4.69, 9.17) is 0 Å². The summed E-state index contributed by atoms with van der Waals surface area (Å²) in [7, 11) is 1.60.